The number of amides is 3. The SMILES string of the molecule is CC(C(=O)O)=C(C)C(=O)NC(=O)N(C)c1cccnc1. The van der Waals surface area contributed by atoms with Crippen LogP contribution in [-0.4, -0.2) is 35.0 Å². The first-order chi connectivity index (χ1) is 9.34. The highest BCUT2D eigenvalue weighted by Gasteiger charge is 2.18. The smallest absolute Gasteiger partial charge is 0.331 e. The number of hydrogen-bond donors (Lipinski definition) is 2. The van der Waals surface area contributed by atoms with E-state index in [0.717, 1.165) is 0 Å². The molecule has 0 saturated carbocycles. The molecule has 0 saturated heterocycles. The van der Waals surface area contributed by atoms with E-state index < -0.39 is 17.9 Å². The average Bonchev–Trinajstić information content (AvgIpc) is 2.45. The molecule has 0 aliphatic carbocycles. The lowest BCUT2D eigenvalue weighted by atomic mass is 10.1. The molecule has 0 unspecified atom stereocenters. The van der Waals surface area contributed by atoms with Gasteiger partial charge in [0.05, 0.1) is 11.9 Å². The fourth-order valence-electron chi connectivity index (χ4n) is 1.27. The van der Waals surface area contributed by atoms with Gasteiger partial charge in [-0.15, -0.1) is 0 Å². The van der Waals surface area contributed by atoms with Crippen molar-refractivity contribution in [2.24, 2.45) is 0 Å². The van der Waals surface area contributed by atoms with Crippen molar-refractivity contribution in [3.63, 3.8) is 0 Å². The van der Waals surface area contributed by atoms with Crippen molar-refractivity contribution >= 4 is 23.6 Å². The Bertz CT molecular complexity index is 566. The van der Waals surface area contributed by atoms with Gasteiger partial charge in [-0.25, -0.2) is 9.59 Å². The van der Waals surface area contributed by atoms with Gasteiger partial charge < -0.3 is 5.11 Å². The third-order valence-corrected chi connectivity index (χ3v) is 2.78. The molecule has 0 spiro atoms. The van der Waals surface area contributed by atoms with Crippen molar-refractivity contribution in [3.8, 4) is 0 Å². The van der Waals surface area contributed by atoms with E-state index in [1.165, 1.54) is 32.0 Å². The molecule has 0 aliphatic rings. The maximum absolute atomic E-state index is 11.8. The predicted molar refractivity (Wildman–Crippen MR) is 72.2 cm³/mol. The molecule has 1 rings (SSSR count). The van der Waals surface area contributed by atoms with Gasteiger partial charge in [-0.2, -0.15) is 0 Å². The Kier molecular flexibility index (Phi) is 4.96. The summed E-state index contributed by atoms with van der Waals surface area (Å²) in [6.45, 7) is 2.64. The monoisotopic (exact) mass is 277 g/mol. The van der Waals surface area contributed by atoms with Crippen LogP contribution in [0.4, 0.5) is 10.5 Å². The molecule has 3 amide bonds. The predicted octanol–water partition coefficient (Wildman–Crippen LogP) is 1.18. The van der Waals surface area contributed by atoms with Crippen LogP contribution in [0.1, 0.15) is 13.8 Å². The number of urea groups is 1. The zero-order valence-corrected chi connectivity index (χ0v) is 11.4. The van der Waals surface area contributed by atoms with Gasteiger partial charge in [0, 0.05) is 24.4 Å². The average molecular weight is 277 g/mol. The molecule has 0 bridgehead atoms. The standard InChI is InChI=1S/C13H15N3O4/c1-8(9(2)12(18)19)11(17)15-13(20)16(3)10-5-4-6-14-7-10/h4-7H,1-3H3,(H,18,19)(H,15,17,20). The summed E-state index contributed by atoms with van der Waals surface area (Å²) >= 11 is 0. The Morgan fingerprint density at radius 3 is 2.40 bits per heavy atom. The maximum atomic E-state index is 11.8. The van der Waals surface area contributed by atoms with E-state index in [4.69, 9.17) is 5.11 Å². The van der Waals surface area contributed by atoms with Crippen LogP contribution < -0.4 is 10.2 Å². The molecule has 0 aromatic carbocycles. The molecule has 0 atom stereocenters. The van der Waals surface area contributed by atoms with E-state index in [9.17, 15) is 14.4 Å². The van der Waals surface area contributed by atoms with Gasteiger partial charge in [0.1, 0.15) is 0 Å². The molecule has 0 aliphatic heterocycles. The highest BCUT2D eigenvalue weighted by molar-refractivity contribution is 6.10. The number of hydrogen-bond acceptors (Lipinski definition) is 4. The highest BCUT2D eigenvalue weighted by atomic mass is 16.4. The van der Waals surface area contributed by atoms with Gasteiger partial charge in [-0.1, -0.05) is 0 Å². The number of carboxylic acid groups (broad SMARTS) is 1. The number of nitrogens with zero attached hydrogens (tertiary/aromatic N) is 2. The molecule has 106 valence electrons. The highest BCUT2D eigenvalue weighted by Crippen LogP contribution is 2.10. The largest absolute Gasteiger partial charge is 0.478 e. The number of anilines is 1. The first-order valence-corrected chi connectivity index (χ1v) is 5.74. The lowest BCUT2D eigenvalue weighted by Gasteiger charge is -2.17. The van der Waals surface area contributed by atoms with Crippen molar-refractivity contribution in [2.45, 2.75) is 13.8 Å². The molecule has 7 nitrogen and oxygen atoms in total. The fraction of sp³-hybridized carbons (Fsp3) is 0.231. The quantitative estimate of drug-likeness (QED) is 0.808. The van der Waals surface area contributed by atoms with Crippen molar-refractivity contribution in [2.75, 3.05) is 11.9 Å². The molecule has 0 radical (unpaired) electrons. The van der Waals surface area contributed by atoms with Crippen LogP contribution in [0, 0.1) is 0 Å². The lowest BCUT2D eigenvalue weighted by Crippen LogP contribution is -2.41. The van der Waals surface area contributed by atoms with Gasteiger partial charge in [0.2, 0.25) is 0 Å². The van der Waals surface area contributed by atoms with E-state index in [2.05, 4.69) is 10.3 Å². The van der Waals surface area contributed by atoms with Crippen molar-refractivity contribution < 1.29 is 19.5 Å². The maximum Gasteiger partial charge on any atom is 0.331 e. The summed E-state index contributed by atoms with van der Waals surface area (Å²) < 4.78 is 0. The van der Waals surface area contributed by atoms with Crippen molar-refractivity contribution in [1.29, 1.82) is 0 Å². The number of carbonyl (C=O) groups excluding carboxylic acids is 2. The van der Waals surface area contributed by atoms with Crippen LogP contribution in [0.3, 0.4) is 0 Å². The molecule has 1 aromatic rings. The molecule has 20 heavy (non-hydrogen) atoms. The minimum Gasteiger partial charge on any atom is -0.478 e. The van der Waals surface area contributed by atoms with E-state index in [1.54, 1.807) is 18.3 Å². The topological polar surface area (TPSA) is 99.6 Å². The van der Waals surface area contributed by atoms with Crippen LogP contribution in [0.25, 0.3) is 0 Å². The number of carboxylic acids is 1. The van der Waals surface area contributed by atoms with Crippen LogP contribution >= 0.6 is 0 Å². The second kappa shape index (κ2) is 6.46. The summed E-state index contributed by atoms with van der Waals surface area (Å²) in [5.74, 6) is -1.95. The Balaban J connectivity index is 2.79. The third kappa shape index (κ3) is 3.64. The van der Waals surface area contributed by atoms with E-state index in [1.807, 2.05) is 0 Å². The van der Waals surface area contributed by atoms with Crippen LogP contribution in [0.15, 0.2) is 35.7 Å². The van der Waals surface area contributed by atoms with E-state index in [0.29, 0.717) is 5.69 Å². The molecular formula is C13H15N3O4. The van der Waals surface area contributed by atoms with Crippen LogP contribution in [-0.2, 0) is 9.59 Å². The van der Waals surface area contributed by atoms with Gasteiger partial charge in [-0.3, -0.25) is 20.0 Å². The molecule has 1 aromatic heterocycles. The Hall–Kier alpha value is -2.70. The van der Waals surface area contributed by atoms with Crippen LogP contribution in [0.2, 0.25) is 0 Å². The Morgan fingerprint density at radius 1 is 1.25 bits per heavy atom. The number of pyridine rings is 1. The second-order valence-corrected chi connectivity index (χ2v) is 4.08. The van der Waals surface area contributed by atoms with E-state index in [-0.39, 0.29) is 11.1 Å². The first kappa shape index (κ1) is 15.4. The zero-order chi connectivity index (χ0) is 15.3. The number of imide groups is 1. The molecule has 2 N–H and O–H groups in total. The van der Waals surface area contributed by atoms with Gasteiger partial charge in [0.15, 0.2) is 0 Å². The van der Waals surface area contributed by atoms with Crippen molar-refractivity contribution in [1.82, 2.24) is 10.3 Å². The number of rotatable bonds is 3. The van der Waals surface area contributed by atoms with Crippen molar-refractivity contribution in [3.05, 3.63) is 35.7 Å². The Morgan fingerprint density at radius 2 is 1.90 bits per heavy atom. The molecule has 7 heteroatoms. The van der Waals surface area contributed by atoms with E-state index >= 15 is 0 Å². The zero-order valence-electron chi connectivity index (χ0n) is 11.4. The number of nitrogens with one attached hydrogen (secondary N) is 1. The number of carbonyl (C=O) groups is 3. The molecule has 0 fully saturated rings. The minimum absolute atomic E-state index is 0.0227. The van der Waals surface area contributed by atoms with Gasteiger partial charge in [0.25, 0.3) is 5.91 Å². The van der Waals surface area contributed by atoms with Crippen LogP contribution in [0.5, 0.6) is 0 Å². The third-order valence-electron chi connectivity index (χ3n) is 2.78. The summed E-state index contributed by atoms with van der Waals surface area (Å²) in [6.07, 6.45) is 3.03. The second-order valence-electron chi connectivity index (χ2n) is 4.08. The molecule has 1 heterocycles. The minimum atomic E-state index is -1.20. The number of aliphatic carboxylic acids is 1. The Labute approximate surface area is 115 Å². The number of aromatic nitrogens is 1. The summed E-state index contributed by atoms with van der Waals surface area (Å²) in [6, 6.07) is 2.64. The normalized spacial score (nSPS) is 11.3. The summed E-state index contributed by atoms with van der Waals surface area (Å²) in [7, 11) is 1.47. The fourth-order valence-corrected chi connectivity index (χ4v) is 1.27. The van der Waals surface area contributed by atoms with Gasteiger partial charge >= 0.3 is 12.0 Å². The van der Waals surface area contributed by atoms with Gasteiger partial charge in [-0.05, 0) is 26.0 Å². The molecular weight excluding hydrogens is 262 g/mol. The summed E-state index contributed by atoms with van der Waals surface area (Å²) in [5, 5.41) is 10.9. The summed E-state index contributed by atoms with van der Waals surface area (Å²) in [5.41, 5.74) is 0.374. The first-order valence-electron chi connectivity index (χ1n) is 5.74. The lowest BCUT2D eigenvalue weighted by molar-refractivity contribution is -0.133. The summed E-state index contributed by atoms with van der Waals surface area (Å²) in [4.78, 5) is 39.4.